The molecule has 2 aromatic carbocycles. The third kappa shape index (κ3) is 4.80. The van der Waals surface area contributed by atoms with Crippen LogP contribution in [0.4, 0.5) is 13.2 Å². The van der Waals surface area contributed by atoms with Gasteiger partial charge in [0.15, 0.2) is 0 Å². The fourth-order valence-electron chi connectivity index (χ4n) is 5.47. The number of aromatic nitrogens is 2. The molecule has 0 saturated carbocycles. The number of aryl methyl sites for hydroxylation is 3. The summed E-state index contributed by atoms with van der Waals surface area (Å²) in [6, 6.07) is 12.5. The molecular formula is C30H30F3N5. The van der Waals surface area contributed by atoms with Gasteiger partial charge in [0.2, 0.25) is 0 Å². The molecule has 5 rings (SSSR count). The average molecular weight is 518 g/mol. The largest absolute Gasteiger partial charge is 0.336 e. The van der Waals surface area contributed by atoms with Crippen LogP contribution in [0.25, 0.3) is 33.3 Å². The van der Waals surface area contributed by atoms with Crippen molar-refractivity contribution in [2.45, 2.75) is 52.7 Å². The molecule has 0 radical (unpaired) electrons. The van der Waals surface area contributed by atoms with Crippen molar-refractivity contribution in [1.29, 1.82) is 5.26 Å². The maximum absolute atomic E-state index is 14.9. The van der Waals surface area contributed by atoms with Crippen molar-refractivity contribution in [1.82, 2.24) is 14.5 Å². The molecule has 2 N–H and O–H groups in total. The molecule has 1 fully saturated rings. The van der Waals surface area contributed by atoms with Crippen LogP contribution >= 0.6 is 0 Å². The highest BCUT2D eigenvalue weighted by atomic mass is 19.3. The second-order valence-electron chi connectivity index (χ2n) is 10.3. The monoisotopic (exact) mass is 517 g/mol. The van der Waals surface area contributed by atoms with Crippen molar-refractivity contribution >= 4 is 10.9 Å². The number of rotatable bonds is 6. The van der Waals surface area contributed by atoms with E-state index in [9.17, 15) is 18.4 Å². The van der Waals surface area contributed by atoms with Crippen LogP contribution in [0.3, 0.4) is 0 Å². The molecule has 0 amide bonds. The van der Waals surface area contributed by atoms with Gasteiger partial charge in [0, 0.05) is 47.9 Å². The summed E-state index contributed by atoms with van der Waals surface area (Å²) >= 11 is 0. The second-order valence-corrected chi connectivity index (χ2v) is 10.3. The first kappa shape index (κ1) is 26.0. The van der Waals surface area contributed by atoms with Crippen LogP contribution in [-0.2, 0) is 13.1 Å². The van der Waals surface area contributed by atoms with E-state index < -0.39 is 18.8 Å². The number of hydrogen-bond acceptors (Lipinski definition) is 4. The molecule has 0 bridgehead atoms. The van der Waals surface area contributed by atoms with Crippen LogP contribution in [-0.4, -0.2) is 40.0 Å². The summed E-state index contributed by atoms with van der Waals surface area (Å²) in [7, 11) is 0. The van der Waals surface area contributed by atoms with Crippen LogP contribution in [0.5, 0.6) is 0 Å². The molecule has 0 spiro atoms. The van der Waals surface area contributed by atoms with E-state index >= 15 is 0 Å². The van der Waals surface area contributed by atoms with Gasteiger partial charge in [-0.2, -0.15) is 5.26 Å². The summed E-state index contributed by atoms with van der Waals surface area (Å²) in [5.41, 5.74) is 13.3. The minimum atomic E-state index is -2.55. The number of hydrogen-bond donors (Lipinski definition) is 1. The number of fused-ring (bicyclic) bond motifs is 1. The Kier molecular flexibility index (Phi) is 6.99. The number of nitrogens with two attached hydrogens (primary N) is 1. The average Bonchev–Trinajstić information content (AvgIpc) is 3.43. The molecule has 0 aliphatic carbocycles. The van der Waals surface area contributed by atoms with Gasteiger partial charge in [-0.05, 0) is 73.7 Å². The van der Waals surface area contributed by atoms with Gasteiger partial charge in [-0.1, -0.05) is 12.1 Å². The van der Waals surface area contributed by atoms with Crippen LogP contribution in [0, 0.1) is 37.9 Å². The number of nitriles is 1. The van der Waals surface area contributed by atoms with E-state index in [-0.39, 0.29) is 11.6 Å². The summed E-state index contributed by atoms with van der Waals surface area (Å²) in [6.07, 6.45) is -0.0461. The van der Waals surface area contributed by atoms with Crippen molar-refractivity contribution in [3.63, 3.8) is 0 Å². The molecule has 1 atom stereocenters. The molecule has 5 nitrogen and oxygen atoms in total. The third-order valence-electron chi connectivity index (χ3n) is 7.54. The Hall–Kier alpha value is -3.67. The zero-order valence-electron chi connectivity index (χ0n) is 21.7. The van der Waals surface area contributed by atoms with E-state index in [1.165, 1.54) is 12.1 Å². The quantitative estimate of drug-likeness (QED) is 0.335. The molecule has 0 unspecified atom stereocenters. The van der Waals surface area contributed by atoms with E-state index in [1.807, 2.05) is 32.9 Å². The Morgan fingerprint density at radius 3 is 2.53 bits per heavy atom. The topological polar surface area (TPSA) is 70.9 Å². The first-order valence-corrected chi connectivity index (χ1v) is 12.7. The normalized spacial score (nSPS) is 16.0. The second kappa shape index (κ2) is 10.2. The smallest absolute Gasteiger partial charge is 0.256 e. The molecule has 4 aromatic rings. The zero-order valence-corrected chi connectivity index (χ0v) is 21.7. The van der Waals surface area contributed by atoms with Gasteiger partial charge < -0.3 is 10.3 Å². The molecule has 2 aromatic heterocycles. The van der Waals surface area contributed by atoms with E-state index in [2.05, 4.69) is 17.0 Å². The lowest BCUT2D eigenvalue weighted by molar-refractivity contribution is 0.126. The predicted molar refractivity (Wildman–Crippen MR) is 143 cm³/mol. The van der Waals surface area contributed by atoms with E-state index in [4.69, 9.17) is 10.7 Å². The SMILES string of the molecule is Cc1cc(C)c(-c2ncc3c(cc(CN4CC[C@H](N)C4)n3CC(F)F)c2-c2ccc(C#N)c(F)c2)cc1C. The first-order chi connectivity index (χ1) is 18.2. The summed E-state index contributed by atoms with van der Waals surface area (Å²) in [6.45, 7) is 7.58. The summed E-state index contributed by atoms with van der Waals surface area (Å²) < 4.78 is 44.0. The van der Waals surface area contributed by atoms with Gasteiger partial charge in [0.05, 0.1) is 29.5 Å². The maximum atomic E-state index is 14.9. The van der Waals surface area contributed by atoms with Crippen molar-refractivity contribution < 1.29 is 13.2 Å². The predicted octanol–water partition coefficient (Wildman–Crippen LogP) is 6.10. The molecule has 3 heterocycles. The summed E-state index contributed by atoms with van der Waals surface area (Å²) in [4.78, 5) is 6.97. The number of alkyl halides is 2. The van der Waals surface area contributed by atoms with Crippen LogP contribution in [0.15, 0.2) is 42.6 Å². The third-order valence-corrected chi connectivity index (χ3v) is 7.54. The molecule has 1 aliphatic rings. The highest BCUT2D eigenvalue weighted by Gasteiger charge is 2.25. The maximum Gasteiger partial charge on any atom is 0.256 e. The summed E-state index contributed by atoms with van der Waals surface area (Å²) in [5.74, 6) is -0.636. The fraction of sp³-hybridized carbons (Fsp3) is 0.333. The minimum Gasteiger partial charge on any atom is -0.336 e. The van der Waals surface area contributed by atoms with Crippen molar-refractivity contribution in [2.24, 2.45) is 5.73 Å². The van der Waals surface area contributed by atoms with E-state index in [1.54, 1.807) is 16.8 Å². The lowest BCUT2D eigenvalue weighted by atomic mass is 9.91. The Morgan fingerprint density at radius 1 is 1.11 bits per heavy atom. The van der Waals surface area contributed by atoms with Gasteiger partial charge in [-0.15, -0.1) is 0 Å². The first-order valence-electron chi connectivity index (χ1n) is 12.7. The van der Waals surface area contributed by atoms with E-state index in [0.717, 1.165) is 46.3 Å². The van der Waals surface area contributed by atoms with Crippen LogP contribution in [0.1, 0.15) is 34.4 Å². The Bertz CT molecular complexity index is 1570. The summed E-state index contributed by atoms with van der Waals surface area (Å²) in [5, 5.41) is 9.98. The van der Waals surface area contributed by atoms with Gasteiger partial charge >= 0.3 is 0 Å². The highest BCUT2D eigenvalue weighted by Crippen LogP contribution is 2.40. The minimum absolute atomic E-state index is 0.0564. The number of nitrogens with zero attached hydrogens (tertiary/aromatic N) is 4. The standard InChI is InChI=1S/C30H30F3N5/c1-17-8-19(3)24(9-18(17)2)30-29(20-4-5-21(12-34)26(31)10-20)25-11-23(15-37-7-6-22(35)14-37)38(16-28(32)33)27(25)13-36-30/h4-5,8-11,13,22,28H,6-7,14-16,35H2,1-3H3/t22-/m0/s1. The lowest BCUT2D eigenvalue weighted by Crippen LogP contribution is -2.27. The number of benzene rings is 2. The van der Waals surface area contributed by atoms with Crippen molar-refractivity contribution in [2.75, 3.05) is 13.1 Å². The number of likely N-dealkylation sites (tertiary alicyclic amines) is 1. The van der Waals surface area contributed by atoms with Gasteiger partial charge in [-0.25, -0.2) is 13.2 Å². The van der Waals surface area contributed by atoms with Gasteiger partial charge in [-0.3, -0.25) is 9.88 Å². The Labute approximate surface area is 220 Å². The molecule has 196 valence electrons. The van der Waals surface area contributed by atoms with Crippen LogP contribution in [0.2, 0.25) is 0 Å². The molecule has 38 heavy (non-hydrogen) atoms. The van der Waals surface area contributed by atoms with Gasteiger partial charge in [0.25, 0.3) is 6.43 Å². The fourth-order valence-corrected chi connectivity index (χ4v) is 5.47. The Balaban J connectivity index is 1.79. The Morgan fingerprint density at radius 2 is 1.87 bits per heavy atom. The molecule has 1 saturated heterocycles. The van der Waals surface area contributed by atoms with Crippen molar-refractivity contribution in [3.8, 4) is 28.5 Å². The molecule has 8 heteroatoms. The van der Waals surface area contributed by atoms with E-state index in [0.29, 0.717) is 35.4 Å². The molecule has 1 aliphatic heterocycles. The highest BCUT2D eigenvalue weighted by molar-refractivity contribution is 6.02. The number of halogens is 3. The lowest BCUT2D eigenvalue weighted by Gasteiger charge is -2.18. The number of pyridine rings is 1. The van der Waals surface area contributed by atoms with Gasteiger partial charge in [0.1, 0.15) is 11.9 Å². The van der Waals surface area contributed by atoms with Crippen LogP contribution < -0.4 is 5.73 Å². The van der Waals surface area contributed by atoms with Crippen molar-refractivity contribution in [3.05, 3.63) is 76.4 Å². The molecular weight excluding hydrogens is 487 g/mol. The zero-order chi connectivity index (χ0) is 27.1.